The maximum absolute atomic E-state index is 12.3. The molecular weight excluding hydrogens is 376 g/mol. The van der Waals surface area contributed by atoms with Crippen molar-refractivity contribution < 1.29 is 20.1 Å². The van der Waals surface area contributed by atoms with Gasteiger partial charge >= 0.3 is 5.97 Å². The predicted molar refractivity (Wildman–Crippen MR) is 116 cm³/mol. The van der Waals surface area contributed by atoms with Crippen LogP contribution in [0.15, 0.2) is 23.8 Å². The highest BCUT2D eigenvalue weighted by Gasteiger charge is 2.66. The van der Waals surface area contributed by atoms with Gasteiger partial charge in [0.15, 0.2) is 0 Å². The molecule has 0 saturated heterocycles. The van der Waals surface area contributed by atoms with Crippen molar-refractivity contribution in [3.8, 4) is 11.5 Å². The van der Waals surface area contributed by atoms with E-state index in [0.717, 1.165) is 49.7 Å². The van der Waals surface area contributed by atoms with Gasteiger partial charge in [0.2, 0.25) is 0 Å². The molecule has 0 radical (unpaired) electrons. The predicted octanol–water partition coefficient (Wildman–Crippen LogP) is 5.73. The third kappa shape index (κ3) is 2.20. The Morgan fingerprint density at radius 1 is 1.07 bits per heavy atom. The van der Waals surface area contributed by atoms with E-state index in [4.69, 9.17) is 0 Å². The van der Waals surface area contributed by atoms with Gasteiger partial charge in [-0.1, -0.05) is 38.8 Å². The lowest BCUT2D eigenvalue weighted by molar-refractivity contribution is -0.171. The molecule has 1 aromatic rings. The fourth-order valence-electron chi connectivity index (χ4n) is 8.47. The summed E-state index contributed by atoms with van der Waals surface area (Å²) in [6.07, 6.45) is 7.79. The molecule has 0 aliphatic heterocycles. The number of rotatable bonds is 2. The van der Waals surface area contributed by atoms with Crippen LogP contribution >= 0.6 is 0 Å². The number of phenols is 2. The van der Waals surface area contributed by atoms with Crippen LogP contribution in [0.4, 0.5) is 0 Å². The van der Waals surface area contributed by atoms with Crippen molar-refractivity contribution >= 4 is 5.97 Å². The summed E-state index contributed by atoms with van der Waals surface area (Å²) in [4.78, 5) is 12.3. The van der Waals surface area contributed by atoms with Crippen molar-refractivity contribution in [1.82, 2.24) is 0 Å². The van der Waals surface area contributed by atoms with Gasteiger partial charge in [0, 0.05) is 22.5 Å². The topological polar surface area (TPSA) is 77.8 Å². The Hall–Kier alpha value is -1.97. The zero-order valence-corrected chi connectivity index (χ0v) is 18.5. The quantitative estimate of drug-likeness (QED) is 0.430. The van der Waals surface area contributed by atoms with E-state index in [-0.39, 0.29) is 34.3 Å². The van der Waals surface area contributed by atoms with Gasteiger partial charge in [0.05, 0.1) is 5.41 Å². The van der Waals surface area contributed by atoms with E-state index in [1.54, 1.807) is 12.1 Å². The molecule has 2 saturated carbocycles. The van der Waals surface area contributed by atoms with Crippen molar-refractivity contribution in [3.05, 3.63) is 34.9 Å². The molecule has 0 aromatic heterocycles. The van der Waals surface area contributed by atoms with Gasteiger partial charge in [-0.3, -0.25) is 4.79 Å². The number of benzene rings is 1. The van der Waals surface area contributed by atoms with Gasteiger partial charge < -0.3 is 15.3 Å². The van der Waals surface area contributed by atoms with Crippen LogP contribution in [0.25, 0.3) is 0 Å². The largest absolute Gasteiger partial charge is 0.508 e. The molecule has 1 aromatic carbocycles. The highest BCUT2D eigenvalue weighted by Crippen LogP contribution is 2.73. The van der Waals surface area contributed by atoms with Crippen LogP contribution in [0.5, 0.6) is 11.5 Å². The first-order valence-electron chi connectivity index (χ1n) is 11.6. The minimum Gasteiger partial charge on any atom is -0.508 e. The Morgan fingerprint density at radius 3 is 2.43 bits per heavy atom. The molecule has 4 nitrogen and oxygen atoms in total. The lowest BCUT2D eigenvalue weighted by Gasteiger charge is -2.66. The third-order valence-corrected chi connectivity index (χ3v) is 9.71. The van der Waals surface area contributed by atoms with Crippen molar-refractivity contribution in [2.75, 3.05) is 0 Å². The second kappa shape index (κ2) is 6.05. The Labute approximate surface area is 179 Å². The van der Waals surface area contributed by atoms with E-state index in [1.807, 2.05) is 6.92 Å². The Morgan fingerprint density at radius 2 is 1.77 bits per heavy atom. The van der Waals surface area contributed by atoms with Crippen molar-refractivity contribution in [3.63, 3.8) is 0 Å². The van der Waals surface area contributed by atoms with Crippen molar-refractivity contribution in [2.45, 2.75) is 77.6 Å². The van der Waals surface area contributed by atoms with E-state index in [1.165, 1.54) is 5.57 Å². The second-order valence-corrected chi connectivity index (χ2v) is 11.2. The Balaban J connectivity index is 1.74. The van der Waals surface area contributed by atoms with Crippen molar-refractivity contribution in [1.29, 1.82) is 0 Å². The second-order valence-electron chi connectivity index (χ2n) is 11.2. The number of allylic oxidation sites excluding steroid dienone is 2. The maximum atomic E-state index is 12.3. The average Bonchev–Trinajstić information content (AvgIpc) is 2.69. The molecule has 0 heterocycles. The van der Waals surface area contributed by atoms with Gasteiger partial charge in [-0.25, -0.2) is 0 Å². The summed E-state index contributed by atoms with van der Waals surface area (Å²) >= 11 is 0. The lowest BCUT2D eigenvalue weighted by Crippen LogP contribution is -2.61. The summed E-state index contributed by atoms with van der Waals surface area (Å²) in [5, 5.41) is 32.0. The molecule has 0 unspecified atom stereocenters. The number of hydrogen-bond acceptors (Lipinski definition) is 3. The van der Waals surface area contributed by atoms with Crippen LogP contribution in [0, 0.1) is 28.6 Å². The molecule has 2 bridgehead atoms. The fourth-order valence-corrected chi connectivity index (χ4v) is 8.47. The molecule has 0 amide bonds. The number of carbonyl (C=O) groups is 1. The van der Waals surface area contributed by atoms with Gasteiger partial charge in [0.25, 0.3) is 0 Å². The smallest absolute Gasteiger partial charge is 0.309 e. The average molecular weight is 411 g/mol. The number of fused-ring (bicyclic) bond motifs is 1. The lowest BCUT2D eigenvalue weighted by atomic mass is 9.37. The fraction of sp³-hybridized carbons (Fsp3) is 0.654. The SMILES string of the molecule is CC(C)C1=C[C@@]23CC[C@H]4[C@](C)(CCC[C@@]4(C)C(=O)O)[C@@H]2C[C@@H]1c1c(O)ccc(O)c13. The number of aliphatic carboxylic acids is 1. The zero-order valence-electron chi connectivity index (χ0n) is 18.5. The van der Waals surface area contributed by atoms with Crippen LogP contribution < -0.4 is 0 Å². The number of hydrogen-bond donors (Lipinski definition) is 3. The molecule has 4 heteroatoms. The molecule has 1 spiro atoms. The van der Waals surface area contributed by atoms with Crippen LogP contribution in [0.3, 0.4) is 0 Å². The van der Waals surface area contributed by atoms with E-state index in [9.17, 15) is 20.1 Å². The summed E-state index contributed by atoms with van der Waals surface area (Å²) < 4.78 is 0. The Kier molecular flexibility index (Phi) is 4.02. The van der Waals surface area contributed by atoms with Gasteiger partial charge in [0.1, 0.15) is 11.5 Å². The highest BCUT2D eigenvalue weighted by atomic mass is 16.4. The first-order valence-corrected chi connectivity index (χ1v) is 11.6. The molecule has 2 fully saturated rings. The standard InChI is InChI=1S/C26H34O4/c1-14(2)16-13-26-11-8-19-24(3,9-5-10-25(19,4)23(29)30)20(26)12-15(16)21-17(27)6-7-18(28)22(21)26/h6-7,13-15,19-20,27-28H,5,8-12H2,1-4H3,(H,29,30)/t15-,19-,20-,24-,25+,26-/m0/s1. The highest BCUT2D eigenvalue weighted by molar-refractivity contribution is 5.75. The zero-order chi connectivity index (χ0) is 21.6. The van der Waals surface area contributed by atoms with Gasteiger partial charge in [-0.2, -0.15) is 0 Å². The minimum absolute atomic E-state index is 0.0868. The van der Waals surface area contributed by atoms with Crippen LogP contribution in [-0.2, 0) is 10.2 Å². The molecule has 30 heavy (non-hydrogen) atoms. The Bertz CT molecular complexity index is 962. The molecule has 6 rings (SSSR count). The molecule has 6 atom stereocenters. The van der Waals surface area contributed by atoms with E-state index >= 15 is 0 Å². The summed E-state index contributed by atoms with van der Waals surface area (Å²) in [5.74, 6) is 0.838. The molecular formula is C26H34O4. The van der Waals surface area contributed by atoms with Crippen LogP contribution in [0.2, 0.25) is 0 Å². The first-order chi connectivity index (χ1) is 14.1. The first kappa shape index (κ1) is 20.0. The number of phenolic OH excluding ortho intramolecular Hbond substituents is 2. The van der Waals surface area contributed by atoms with E-state index in [2.05, 4.69) is 26.8 Å². The summed E-state index contributed by atoms with van der Waals surface area (Å²) in [5.41, 5.74) is 2.15. The summed E-state index contributed by atoms with van der Waals surface area (Å²) in [7, 11) is 0. The third-order valence-electron chi connectivity index (χ3n) is 9.71. The van der Waals surface area contributed by atoms with Crippen LogP contribution in [0.1, 0.15) is 83.3 Å². The number of carboxylic acids is 1. The molecule has 162 valence electrons. The van der Waals surface area contributed by atoms with Crippen molar-refractivity contribution in [2.24, 2.45) is 28.6 Å². The van der Waals surface area contributed by atoms with Gasteiger partial charge in [-0.05, 0) is 74.3 Å². The molecule has 3 N–H and O–H groups in total. The summed E-state index contributed by atoms with van der Waals surface area (Å²) in [6.45, 7) is 8.72. The molecule has 5 aliphatic carbocycles. The number of aromatic hydroxyl groups is 2. The maximum Gasteiger partial charge on any atom is 0.309 e. The van der Waals surface area contributed by atoms with E-state index in [0.29, 0.717) is 11.7 Å². The van der Waals surface area contributed by atoms with Crippen LogP contribution in [-0.4, -0.2) is 21.3 Å². The van der Waals surface area contributed by atoms with Gasteiger partial charge in [-0.15, -0.1) is 0 Å². The minimum atomic E-state index is -0.681. The van der Waals surface area contributed by atoms with E-state index < -0.39 is 11.4 Å². The molecule has 5 aliphatic rings. The summed E-state index contributed by atoms with van der Waals surface area (Å²) in [6, 6.07) is 3.27. The monoisotopic (exact) mass is 410 g/mol. The number of carboxylic acid groups (broad SMARTS) is 1. The normalized spacial score (nSPS) is 41.6.